The van der Waals surface area contributed by atoms with Gasteiger partial charge in [-0.05, 0) is 20.8 Å². The fraction of sp³-hybridized carbons (Fsp3) is 1.00. The Morgan fingerprint density at radius 1 is 1.25 bits per heavy atom. The van der Waals surface area contributed by atoms with Gasteiger partial charge in [-0.15, -0.1) is 0 Å². The van der Waals surface area contributed by atoms with Crippen molar-refractivity contribution in [2.24, 2.45) is 0 Å². The van der Waals surface area contributed by atoms with Gasteiger partial charge in [-0.3, -0.25) is 9.80 Å². The maximum Gasteiger partial charge on any atom is 0.0718 e. The van der Waals surface area contributed by atoms with Gasteiger partial charge in [0.2, 0.25) is 0 Å². The normalized spacial score (nSPS) is 22.3. The van der Waals surface area contributed by atoms with E-state index in [0.29, 0.717) is 6.04 Å². The number of rotatable bonds is 5. The van der Waals surface area contributed by atoms with Crippen LogP contribution in [0.4, 0.5) is 0 Å². The summed E-state index contributed by atoms with van der Waals surface area (Å²) in [7, 11) is 1.75. The number of piperazine rings is 1. The first-order chi connectivity index (χ1) is 7.42. The van der Waals surface area contributed by atoms with Crippen molar-refractivity contribution in [1.82, 2.24) is 9.80 Å². The number of aliphatic hydroxyl groups is 1. The Bertz CT molecular complexity index is 196. The van der Waals surface area contributed by atoms with Crippen LogP contribution in [0.25, 0.3) is 0 Å². The summed E-state index contributed by atoms with van der Waals surface area (Å²) in [6, 6.07) is 0.495. The van der Waals surface area contributed by atoms with Gasteiger partial charge in [0.15, 0.2) is 0 Å². The highest BCUT2D eigenvalue weighted by molar-refractivity contribution is 4.80. The lowest BCUT2D eigenvalue weighted by molar-refractivity contribution is 0.00443. The number of ether oxygens (including phenoxy) is 1. The quantitative estimate of drug-likeness (QED) is 0.742. The minimum absolute atomic E-state index is 0.495. The molecule has 0 radical (unpaired) electrons. The summed E-state index contributed by atoms with van der Waals surface area (Å²) in [4.78, 5) is 4.78. The van der Waals surface area contributed by atoms with Crippen LogP contribution < -0.4 is 0 Å². The van der Waals surface area contributed by atoms with Gasteiger partial charge in [-0.2, -0.15) is 0 Å². The number of hydrogen-bond acceptors (Lipinski definition) is 4. The minimum atomic E-state index is -0.583. The topological polar surface area (TPSA) is 35.9 Å². The van der Waals surface area contributed by atoms with Crippen molar-refractivity contribution >= 4 is 0 Å². The summed E-state index contributed by atoms with van der Waals surface area (Å²) in [5.41, 5.74) is -0.583. The molecule has 1 unspecified atom stereocenters. The smallest absolute Gasteiger partial charge is 0.0718 e. The first-order valence-corrected chi connectivity index (χ1v) is 6.10. The van der Waals surface area contributed by atoms with E-state index in [1.807, 2.05) is 13.8 Å². The summed E-state index contributed by atoms with van der Waals surface area (Å²) in [6.45, 7) is 11.7. The molecule has 0 aliphatic carbocycles. The van der Waals surface area contributed by atoms with Crippen LogP contribution in [-0.2, 0) is 4.74 Å². The molecule has 0 saturated carbocycles. The SMILES string of the molecule is COCC(C)N1CCN(CC(C)(C)O)CC1. The summed E-state index contributed by atoms with van der Waals surface area (Å²) in [5, 5.41) is 9.75. The third kappa shape index (κ3) is 4.78. The highest BCUT2D eigenvalue weighted by Crippen LogP contribution is 2.10. The van der Waals surface area contributed by atoms with Gasteiger partial charge >= 0.3 is 0 Å². The molecular formula is C12H26N2O2. The van der Waals surface area contributed by atoms with E-state index in [9.17, 15) is 5.11 Å². The zero-order chi connectivity index (χ0) is 12.2. The molecule has 1 heterocycles. The van der Waals surface area contributed by atoms with Gasteiger partial charge in [-0.1, -0.05) is 0 Å². The van der Waals surface area contributed by atoms with Gasteiger partial charge < -0.3 is 9.84 Å². The number of hydrogen-bond donors (Lipinski definition) is 1. The van der Waals surface area contributed by atoms with Crippen LogP contribution in [0.2, 0.25) is 0 Å². The molecule has 1 aliphatic heterocycles. The molecule has 0 amide bonds. The van der Waals surface area contributed by atoms with Gasteiger partial charge in [0.1, 0.15) is 0 Å². The Balaban J connectivity index is 2.28. The van der Waals surface area contributed by atoms with Crippen molar-refractivity contribution in [3.63, 3.8) is 0 Å². The van der Waals surface area contributed by atoms with Crippen LogP contribution in [-0.4, -0.2) is 73.0 Å². The second-order valence-corrected chi connectivity index (χ2v) is 5.43. The lowest BCUT2D eigenvalue weighted by Gasteiger charge is -2.39. The van der Waals surface area contributed by atoms with Crippen molar-refractivity contribution < 1.29 is 9.84 Å². The van der Waals surface area contributed by atoms with Gasteiger partial charge in [0, 0.05) is 45.9 Å². The van der Waals surface area contributed by atoms with Gasteiger partial charge in [0.05, 0.1) is 12.2 Å². The zero-order valence-corrected chi connectivity index (χ0v) is 11.1. The molecule has 1 aliphatic rings. The van der Waals surface area contributed by atoms with Crippen LogP contribution in [0, 0.1) is 0 Å². The molecule has 1 saturated heterocycles. The number of methoxy groups -OCH3 is 1. The molecule has 4 heteroatoms. The third-order valence-electron chi connectivity index (χ3n) is 3.05. The molecule has 16 heavy (non-hydrogen) atoms. The predicted octanol–water partition coefficient (Wildman–Crippen LogP) is 0.410. The first-order valence-electron chi connectivity index (χ1n) is 6.10. The van der Waals surface area contributed by atoms with Crippen molar-refractivity contribution in [1.29, 1.82) is 0 Å². The lowest BCUT2D eigenvalue weighted by Crippen LogP contribution is -2.53. The second kappa shape index (κ2) is 5.96. The minimum Gasteiger partial charge on any atom is -0.389 e. The Morgan fingerprint density at radius 3 is 2.25 bits per heavy atom. The van der Waals surface area contributed by atoms with E-state index in [0.717, 1.165) is 39.3 Å². The van der Waals surface area contributed by atoms with E-state index in [2.05, 4.69) is 16.7 Å². The van der Waals surface area contributed by atoms with Crippen molar-refractivity contribution in [2.45, 2.75) is 32.4 Å². The van der Waals surface area contributed by atoms with Crippen LogP contribution >= 0.6 is 0 Å². The Hall–Kier alpha value is -0.160. The zero-order valence-electron chi connectivity index (χ0n) is 11.1. The molecule has 0 spiro atoms. The third-order valence-corrected chi connectivity index (χ3v) is 3.05. The molecule has 96 valence electrons. The van der Waals surface area contributed by atoms with Crippen molar-refractivity contribution in [2.75, 3.05) is 46.4 Å². The molecule has 4 nitrogen and oxygen atoms in total. The molecule has 0 aromatic rings. The van der Waals surface area contributed by atoms with Crippen molar-refractivity contribution in [3.05, 3.63) is 0 Å². The maximum absolute atomic E-state index is 9.75. The molecule has 0 aromatic heterocycles. The van der Waals surface area contributed by atoms with Crippen LogP contribution in [0.5, 0.6) is 0 Å². The molecular weight excluding hydrogens is 204 g/mol. The van der Waals surface area contributed by atoms with Crippen LogP contribution in [0.15, 0.2) is 0 Å². The molecule has 1 atom stereocenters. The largest absolute Gasteiger partial charge is 0.389 e. The van der Waals surface area contributed by atoms with E-state index in [4.69, 9.17) is 4.74 Å². The summed E-state index contributed by atoms with van der Waals surface area (Å²) in [6.07, 6.45) is 0. The Morgan fingerprint density at radius 2 is 1.81 bits per heavy atom. The van der Waals surface area contributed by atoms with Gasteiger partial charge in [-0.25, -0.2) is 0 Å². The molecule has 1 rings (SSSR count). The van der Waals surface area contributed by atoms with E-state index >= 15 is 0 Å². The highest BCUT2D eigenvalue weighted by Gasteiger charge is 2.24. The van der Waals surface area contributed by atoms with Gasteiger partial charge in [0.25, 0.3) is 0 Å². The van der Waals surface area contributed by atoms with E-state index < -0.39 is 5.60 Å². The standard InChI is InChI=1S/C12H26N2O2/c1-11(9-16-4)14-7-5-13(6-8-14)10-12(2,3)15/h11,15H,5-10H2,1-4H3. The number of β-amino-alcohol motifs (C(OH)–C–C–N with tert-alkyl or cyclic N) is 1. The molecule has 1 fully saturated rings. The highest BCUT2D eigenvalue weighted by atomic mass is 16.5. The van der Waals surface area contributed by atoms with E-state index in [1.54, 1.807) is 7.11 Å². The van der Waals surface area contributed by atoms with Crippen LogP contribution in [0.1, 0.15) is 20.8 Å². The average molecular weight is 230 g/mol. The molecule has 0 aromatic carbocycles. The predicted molar refractivity (Wildman–Crippen MR) is 65.6 cm³/mol. The fourth-order valence-corrected chi connectivity index (χ4v) is 2.26. The average Bonchev–Trinajstić information content (AvgIpc) is 2.16. The summed E-state index contributed by atoms with van der Waals surface area (Å²) in [5.74, 6) is 0. The van der Waals surface area contributed by atoms with Crippen molar-refractivity contribution in [3.8, 4) is 0 Å². The number of nitrogens with zero attached hydrogens (tertiary/aromatic N) is 2. The van der Waals surface area contributed by atoms with E-state index in [-0.39, 0.29) is 0 Å². The van der Waals surface area contributed by atoms with E-state index in [1.165, 1.54) is 0 Å². The van der Waals surface area contributed by atoms with Crippen LogP contribution in [0.3, 0.4) is 0 Å². The molecule has 0 bridgehead atoms. The summed E-state index contributed by atoms with van der Waals surface area (Å²) >= 11 is 0. The fourth-order valence-electron chi connectivity index (χ4n) is 2.26. The first kappa shape index (κ1) is 13.9. The maximum atomic E-state index is 9.75. The Labute approximate surface area is 99.2 Å². The monoisotopic (exact) mass is 230 g/mol. The molecule has 1 N–H and O–H groups in total. The lowest BCUT2D eigenvalue weighted by atomic mass is 10.1. The second-order valence-electron chi connectivity index (χ2n) is 5.43. The summed E-state index contributed by atoms with van der Waals surface area (Å²) < 4.78 is 5.17. The Kier molecular flexibility index (Phi) is 5.18.